The standard InChI is InChI=1S/C18H23NO4S/c1-3-12-23-14-15-8-10-19(11-9-15)18(20)16-6-5-7-17(13-16)24(21,22)4-2/h1,5-7,13,15H,4,8-12,14H2,2H3. The highest BCUT2D eigenvalue weighted by Crippen LogP contribution is 2.21. The third-order valence-electron chi connectivity index (χ3n) is 4.26. The van der Waals surface area contributed by atoms with Gasteiger partial charge in [-0.3, -0.25) is 4.79 Å². The van der Waals surface area contributed by atoms with E-state index in [2.05, 4.69) is 5.92 Å². The number of hydrogen-bond donors (Lipinski definition) is 0. The summed E-state index contributed by atoms with van der Waals surface area (Å²) in [5.74, 6) is 2.76. The number of likely N-dealkylation sites (tertiary alicyclic amines) is 1. The first-order chi connectivity index (χ1) is 11.5. The molecule has 1 heterocycles. The molecule has 1 aromatic carbocycles. The Morgan fingerprint density at radius 3 is 2.71 bits per heavy atom. The average Bonchev–Trinajstić information content (AvgIpc) is 2.62. The normalized spacial score (nSPS) is 15.9. The number of ether oxygens (including phenoxy) is 1. The van der Waals surface area contributed by atoms with Crippen molar-refractivity contribution in [3.63, 3.8) is 0 Å². The van der Waals surface area contributed by atoms with E-state index in [1.807, 2.05) is 0 Å². The number of nitrogens with zero attached hydrogens (tertiary/aromatic N) is 1. The molecule has 0 radical (unpaired) electrons. The third kappa shape index (κ3) is 4.59. The summed E-state index contributed by atoms with van der Waals surface area (Å²) in [4.78, 5) is 14.6. The summed E-state index contributed by atoms with van der Waals surface area (Å²) in [6.07, 6.45) is 6.88. The Kier molecular flexibility index (Phi) is 6.41. The van der Waals surface area contributed by atoms with Gasteiger partial charge in [-0.2, -0.15) is 0 Å². The van der Waals surface area contributed by atoms with Crippen molar-refractivity contribution in [2.75, 3.05) is 32.1 Å². The van der Waals surface area contributed by atoms with E-state index in [0.29, 0.717) is 37.8 Å². The molecule has 1 aromatic rings. The summed E-state index contributed by atoms with van der Waals surface area (Å²) < 4.78 is 29.3. The van der Waals surface area contributed by atoms with Gasteiger partial charge < -0.3 is 9.64 Å². The van der Waals surface area contributed by atoms with Gasteiger partial charge in [0.15, 0.2) is 9.84 Å². The van der Waals surface area contributed by atoms with Crippen molar-refractivity contribution in [2.45, 2.75) is 24.7 Å². The van der Waals surface area contributed by atoms with Gasteiger partial charge in [-0.15, -0.1) is 6.42 Å². The van der Waals surface area contributed by atoms with Gasteiger partial charge in [-0.05, 0) is 37.0 Å². The van der Waals surface area contributed by atoms with Gasteiger partial charge in [0.1, 0.15) is 6.61 Å². The van der Waals surface area contributed by atoms with Gasteiger partial charge in [0.25, 0.3) is 5.91 Å². The monoisotopic (exact) mass is 349 g/mol. The molecule has 0 saturated carbocycles. The lowest BCUT2D eigenvalue weighted by molar-refractivity contribution is 0.0581. The second kappa shape index (κ2) is 8.32. The van der Waals surface area contributed by atoms with Crippen molar-refractivity contribution >= 4 is 15.7 Å². The van der Waals surface area contributed by atoms with Crippen LogP contribution in [-0.2, 0) is 14.6 Å². The highest BCUT2D eigenvalue weighted by atomic mass is 32.2. The average molecular weight is 349 g/mol. The SMILES string of the molecule is C#CCOCC1CCN(C(=O)c2cccc(S(=O)(=O)CC)c2)CC1. The van der Waals surface area contributed by atoms with Crippen LogP contribution in [0.4, 0.5) is 0 Å². The number of terminal acetylenes is 1. The van der Waals surface area contributed by atoms with Gasteiger partial charge in [-0.1, -0.05) is 18.9 Å². The molecule has 0 spiro atoms. The lowest BCUT2D eigenvalue weighted by Gasteiger charge is -2.32. The minimum atomic E-state index is -3.31. The second-order valence-corrected chi connectivity index (χ2v) is 8.16. The summed E-state index contributed by atoms with van der Waals surface area (Å²) in [5.41, 5.74) is 0.423. The lowest BCUT2D eigenvalue weighted by Crippen LogP contribution is -2.39. The first-order valence-electron chi connectivity index (χ1n) is 8.11. The predicted octanol–water partition coefficient (Wildman–Crippen LogP) is 1.98. The summed E-state index contributed by atoms with van der Waals surface area (Å²) in [7, 11) is -3.31. The quantitative estimate of drug-likeness (QED) is 0.582. The van der Waals surface area contributed by atoms with E-state index in [1.165, 1.54) is 12.1 Å². The minimum Gasteiger partial charge on any atom is -0.369 e. The van der Waals surface area contributed by atoms with Crippen molar-refractivity contribution in [1.29, 1.82) is 0 Å². The van der Waals surface area contributed by atoms with E-state index in [0.717, 1.165) is 12.8 Å². The van der Waals surface area contributed by atoms with Crippen molar-refractivity contribution in [3.8, 4) is 12.3 Å². The zero-order valence-electron chi connectivity index (χ0n) is 13.9. The highest BCUT2D eigenvalue weighted by Gasteiger charge is 2.24. The molecule has 0 bridgehead atoms. The fourth-order valence-electron chi connectivity index (χ4n) is 2.76. The van der Waals surface area contributed by atoms with E-state index in [1.54, 1.807) is 24.0 Å². The zero-order chi connectivity index (χ0) is 17.6. The molecular weight excluding hydrogens is 326 g/mol. The Labute approximate surface area is 143 Å². The molecule has 1 fully saturated rings. The highest BCUT2D eigenvalue weighted by molar-refractivity contribution is 7.91. The maximum Gasteiger partial charge on any atom is 0.253 e. The number of hydrogen-bond acceptors (Lipinski definition) is 4. The van der Waals surface area contributed by atoms with Gasteiger partial charge in [0.2, 0.25) is 0 Å². The van der Waals surface area contributed by atoms with Crippen molar-refractivity contribution < 1.29 is 17.9 Å². The lowest BCUT2D eigenvalue weighted by atomic mass is 9.97. The summed E-state index contributed by atoms with van der Waals surface area (Å²) in [6.45, 7) is 3.83. The topological polar surface area (TPSA) is 63.7 Å². The van der Waals surface area contributed by atoms with Crippen molar-refractivity contribution in [1.82, 2.24) is 4.90 Å². The Morgan fingerprint density at radius 1 is 1.38 bits per heavy atom. The molecule has 0 N–H and O–H groups in total. The van der Waals surface area contributed by atoms with Crippen LogP contribution in [0.5, 0.6) is 0 Å². The van der Waals surface area contributed by atoms with Crippen LogP contribution in [0.15, 0.2) is 29.2 Å². The molecule has 2 rings (SSSR count). The van der Waals surface area contributed by atoms with E-state index in [-0.39, 0.29) is 16.6 Å². The molecule has 0 aromatic heterocycles. The van der Waals surface area contributed by atoms with E-state index >= 15 is 0 Å². The molecule has 5 nitrogen and oxygen atoms in total. The largest absolute Gasteiger partial charge is 0.369 e. The van der Waals surface area contributed by atoms with Crippen LogP contribution in [-0.4, -0.2) is 51.3 Å². The molecule has 1 saturated heterocycles. The molecule has 24 heavy (non-hydrogen) atoms. The van der Waals surface area contributed by atoms with Crippen LogP contribution in [0.1, 0.15) is 30.1 Å². The number of amides is 1. The van der Waals surface area contributed by atoms with Crippen LogP contribution < -0.4 is 0 Å². The Morgan fingerprint density at radius 2 is 2.08 bits per heavy atom. The van der Waals surface area contributed by atoms with Crippen LogP contribution in [0.25, 0.3) is 0 Å². The van der Waals surface area contributed by atoms with Gasteiger partial charge in [-0.25, -0.2) is 8.42 Å². The van der Waals surface area contributed by atoms with Gasteiger partial charge in [0, 0.05) is 18.7 Å². The number of benzene rings is 1. The molecule has 1 aliphatic rings. The van der Waals surface area contributed by atoms with Crippen molar-refractivity contribution in [2.24, 2.45) is 5.92 Å². The number of rotatable bonds is 6. The van der Waals surface area contributed by atoms with E-state index in [9.17, 15) is 13.2 Å². The maximum absolute atomic E-state index is 12.6. The van der Waals surface area contributed by atoms with Crippen molar-refractivity contribution in [3.05, 3.63) is 29.8 Å². The summed E-state index contributed by atoms with van der Waals surface area (Å²) >= 11 is 0. The second-order valence-electron chi connectivity index (χ2n) is 5.89. The number of carbonyl (C=O) groups is 1. The van der Waals surface area contributed by atoms with Gasteiger partial charge in [0.05, 0.1) is 17.3 Å². The third-order valence-corrected chi connectivity index (χ3v) is 5.99. The Balaban J connectivity index is 1.99. The number of piperidine rings is 1. The predicted molar refractivity (Wildman–Crippen MR) is 92.4 cm³/mol. The van der Waals surface area contributed by atoms with Crippen LogP contribution >= 0.6 is 0 Å². The number of sulfone groups is 1. The molecule has 0 aliphatic carbocycles. The smallest absolute Gasteiger partial charge is 0.253 e. The van der Waals surface area contributed by atoms with E-state index < -0.39 is 9.84 Å². The molecular formula is C18H23NO4S. The molecule has 0 unspecified atom stereocenters. The number of carbonyl (C=O) groups excluding carboxylic acids is 1. The minimum absolute atomic E-state index is 0.0215. The maximum atomic E-state index is 12.6. The van der Waals surface area contributed by atoms with Gasteiger partial charge >= 0.3 is 0 Å². The molecule has 6 heteroatoms. The first kappa shape index (κ1) is 18.5. The fourth-order valence-corrected chi connectivity index (χ4v) is 3.68. The molecule has 1 amide bonds. The summed E-state index contributed by atoms with van der Waals surface area (Å²) in [5, 5.41) is 0. The van der Waals surface area contributed by atoms with E-state index in [4.69, 9.17) is 11.2 Å². The molecule has 1 aliphatic heterocycles. The summed E-state index contributed by atoms with van der Waals surface area (Å²) in [6, 6.07) is 6.29. The fraction of sp³-hybridized carbons (Fsp3) is 0.500. The van der Waals surface area contributed by atoms with Crippen LogP contribution in [0.3, 0.4) is 0 Å². The molecule has 130 valence electrons. The Bertz CT molecular complexity index is 713. The molecule has 0 atom stereocenters. The van der Waals surface area contributed by atoms with Crippen LogP contribution in [0, 0.1) is 18.3 Å². The Hall–Kier alpha value is -1.84. The zero-order valence-corrected chi connectivity index (χ0v) is 14.7. The first-order valence-corrected chi connectivity index (χ1v) is 9.76. The van der Waals surface area contributed by atoms with Crippen LogP contribution in [0.2, 0.25) is 0 Å².